The van der Waals surface area contributed by atoms with Crippen molar-refractivity contribution in [2.24, 2.45) is 13.0 Å². The monoisotopic (exact) mass is 455 g/mol. The second-order valence-corrected chi connectivity index (χ2v) is 8.30. The second-order valence-electron chi connectivity index (χ2n) is 7.87. The summed E-state index contributed by atoms with van der Waals surface area (Å²) in [5.74, 6) is -1.66. The number of benzene rings is 2. The van der Waals surface area contributed by atoms with Crippen molar-refractivity contribution in [3.05, 3.63) is 81.2 Å². The summed E-state index contributed by atoms with van der Waals surface area (Å²) in [6, 6.07) is 16.1. The number of carbonyl (C=O) groups excluding carboxylic acids is 2. The van der Waals surface area contributed by atoms with E-state index in [9.17, 15) is 14.4 Å². The molecule has 0 saturated carbocycles. The van der Waals surface area contributed by atoms with Gasteiger partial charge in [-0.2, -0.15) is 0 Å². The molecular formula is C24H26ClN3O4. The Bertz CT molecular complexity index is 1160. The molecule has 0 spiro atoms. The first-order valence-corrected chi connectivity index (χ1v) is 10.6. The molecule has 1 atom stereocenters. The summed E-state index contributed by atoms with van der Waals surface area (Å²) in [7, 11) is 1.73. The van der Waals surface area contributed by atoms with E-state index in [2.05, 4.69) is 5.32 Å². The minimum absolute atomic E-state index is 0.0406. The molecule has 168 valence electrons. The molecule has 8 heteroatoms. The number of para-hydroxylation sites is 1. The van der Waals surface area contributed by atoms with E-state index < -0.39 is 24.4 Å². The Labute approximate surface area is 191 Å². The van der Waals surface area contributed by atoms with Gasteiger partial charge in [-0.1, -0.05) is 55.8 Å². The lowest BCUT2D eigenvalue weighted by Crippen LogP contribution is -2.28. The van der Waals surface area contributed by atoms with Crippen molar-refractivity contribution in [3.8, 4) is 5.69 Å². The van der Waals surface area contributed by atoms with Gasteiger partial charge in [-0.25, -0.2) is 4.68 Å². The molecule has 32 heavy (non-hydrogen) atoms. The minimum Gasteiger partial charge on any atom is -0.455 e. The summed E-state index contributed by atoms with van der Waals surface area (Å²) in [5, 5.41) is 3.17. The standard InChI is InChI=1S/C24H26ClN3O4/c1-15(2)21(17-10-12-18(25)13-11-17)24(31)32-14-20(29)26-22-16(3)27(4)28(23(22)30)19-8-6-5-7-9-19/h5-13,15,21H,14H2,1-4H3,(H,26,29)/t21-/m1/s1. The number of hydrogen-bond acceptors (Lipinski definition) is 4. The van der Waals surface area contributed by atoms with Gasteiger partial charge in [0.15, 0.2) is 6.61 Å². The van der Waals surface area contributed by atoms with Gasteiger partial charge in [-0.3, -0.25) is 19.1 Å². The van der Waals surface area contributed by atoms with Gasteiger partial charge in [0, 0.05) is 12.1 Å². The molecule has 0 aliphatic rings. The van der Waals surface area contributed by atoms with Crippen molar-refractivity contribution < 1.29 is 14.3 Å². The first-order valence-electron chi connectivity index (χ1n) is 10.3. The largest absolute Gasteiger partial charge is 0.455 e. The Balaban J connectivity index is 1.71. The molecule has 1 aromatic heterocycles. The normalized spacial score (nSPS) is 11.9. The van der Waals surface area contributed by atoms with Crippen LogP contribution in [-0.4, -0.2) is 27.8 Å². The number of nitrogens with zero attached hydrogens (tertiary/aromatic N) is 2. The van der Waals surface area contributed by atoms with Crippen LogP contribution in [0.15, 0.2) is 59.4 Å². The fourth-order valence-electron chi connectivity index (χ4n) is 3.58. The summed E-state index contributed by atoms with van der Waals surface area (Å²) >= 11 is 5.93. The molecule has 7 nitrogen and oxygen atoms in total. The Morgan fingerprint density at radius 3 is 2.28 bits per heavy atom. The number of halogens is 1. The molecule has 0 bridgehead atoms. The zero-order valence-corrected chi connectivity index (χ0v) is 19.2. The van der Waals surface area contributed by atoms with Crippen LogP contribution in [-0.2, 0) is 21.4 Å². The SMILES string of the molecule is Cc1c(NC(=O)COC(=O)[C@@H](c2ccc(Cl)cc2)C(C)C)c(=O)n(-c2ccccc2)n1C. The van der Waals surface area contributed by atoms with E-state index in [4.69, 9.17) is 16.3 Å². The maximum absolute atomic E-state index is 12.9. The zero-order chi connectivity index (χ0) is 23.4. The van der Waals surface area contributed by atoms with Gasteiger partial charge in [-0.15, -0.1) is 0 Å². The van der Waals surface area contributed by atoms with Gasteiger partial charge in [0.2, 0.25) is 0 Å². The molecule has 3 aromatic rings. The van der Waals surface area contributed by atoms with Crippen LogP contribution in [0.1, 0.15) is 31.0 Å². The number of rotatable bonds is 7. The highest BCUT2D eigenvalue weighted by atomic mass is 35.5. The molecule has 0 saturated heterocycles. The van der Waals surface area contributed by atoms with Crippen molar-refractivity contribution in [1.29, 1.82) is 0 Å². The van der Waals surface area contributed by atoms with Gasteiger partial charge >= 0.3 is 5.97 Å². The van der Waals surface area contributed by atoms with Crippen LogP contribution in [0.4, 0.5) is 5.69 Å². The van der Waals surface area contributed by atoms with Crippen LogP contribution in [0.25, 0.3) is 5.69 Å². The molecule has 0 unspecified atom stereocenters. The molecule has 1 amide bonds. The summed E-state index contributed by atoms with van der Waals surface area (Å²) < 4.78 is 8.41. The molecule has 3 rings (SSSR count). The van der Waals surface area contributed by atoms with E-state index in [0.717, 1.165) is 5.56 Å². The van der Waals surface area contributed by atoms with E-state index >= 15 is 0 Å². The predicted molar refractivity (Wildman–Crippen MR) is 124 cm³/mol. The molecule has 0 fully saturated rings. The number of anilines is 1. The van der Waals surface area contributed by atoms with Gasteiger partial charge in [0.25, 0.3) is 11.5 Å². The Kier molecular flexibility index (Phi) is 7.20. The third kappa shape index (κ3) is 4.94. The molecule has 1 heterocycles. The zero-order valence-electron chi connectivity index (χ0n) is 18.5. The van der Waals surface area contributed by atoms with Crippen molar-refractivity contribution in [2.75, 3.05) is 11.9 Å². The van der Waals surface area contributed by atoms with Crippen LogP contribution >= 0.6 is 11.6 Å². The van der Waals surface area contributed by atoms with Crippen LogP contribution in [0.2, 0.25) is 5.02 Å². The van der Waals surface area contributed by atoms with Crippen LogP contribution in [0.5, 0.6) is 0 Å². The Morgan fingerprint density at radius 2 is 1.69 bits per heavy atom. The third-order valence-electron chi connectivity index (χ3n) is 5.31. The van der Waals surface area contributed by atoms with Crippen molar-refractivity contribution in [2.45, 2.75) is 26.7 Å². The summed E-state index contributed by atoms with van der Waals surface area (Å²) in [6.45, 7) is 5.05. The highest BCUT2D eigenvalue weighted by Gasteiger charge is 2.27. The van der Waals surface area contributed by atoms with E-state index in [0.29, 0.717) is 16.4 Å². The molecule has 2 aromatic carbocycles. The molecule has 0 radical (unpaired) electrons. The summed E-state index contributed by atoms with van der Waals surface area (Å²) in [4.78, 5) is 38.1. The predicted octanol–water partition coefficient (Wildman–Crippen LogP) is 4.06. The number of ether oxygens (including phenoxy) is 1. The number of carbonyl (C=O) groups is 2. The first kappa shape index (κ1) is 23.3. The third-order valence-corrected chi connectivity index (χ3v) is 5.57. The highest BCUT2D eigenvalue weighted by Crippen LogP contribution is 2.27. The van der Waals surface area contributed by atoms with Crippen molar-refractivity contribution >= 4 is 29.2 Å². The summed E-state index contributed by atoms with van der Waals surface area (Å²) in [6.07, 6.45) is 0. The smallest absolute Gasteiger partial charge is 0.314 e. The first-order chi connectivity index (χ1) is 15.2. The lowest BCUT2D eigenvalue weighted by molar-refractivity contribution is -0.149. The van der Waals surface area contributed by atoms with Gasteiger partial charge in [-0.05, 0) is 42.7 Å². The minimum atomic E-state index is -0.581. The van der Waals surface area contributed by atoms with E-state index in [-0.39, 0.29) is 17.2 Å². The highest BCUT2D eigenvalue weighted by molar-refractivity contribution is 6.30. The van der Waals surface area contributed by atoms with Crippen molar-refractivity contribution in [3.63, 3.8) is 0 Å². The van der Waals surface area contributed by atoms with Crippen molar-refractivity contribution in [1.82, 2.24) is 9.36 Å². The lowest BCUT2D eigenvalue weighted by atomic mass is 9.88. The molecule has 1 N–H and O–H groups in total. The van der Waals surface area contributed by atoms with Crippen LogP contribution in [0, 0.1) is 12.8 Å². The Hall–Kier alpha value is -3.32. The number of nitrogens with one attached hydrogen (secondary N) is 1. The van der Waals surface area contributed by atoms with E-state index in [1.54, 1.807) is 55.1 Å². The molecule has 0 aliphatic heterocycles. The number of hydrogen-bond donors (Lipinski definition) is 1. The topological polar surface area (TPSA) is 82.3 Å². The number of esters is 1. The average molecular weight is 456 g/mol. The quantitative estimate of drug-likeness (QED) is 0.544. The van der Waals surface area contributed by atoms with Crippen LogP contribution < -0.4 is 10.9 Å². The van der Waals surface area contributed by atoms with Gasteiger partial charge in [0.1, 0.15) is 5.69 Å². The maximum atomic E-state index is 12.9. The molecule has 0 aliphatic carbocycles. The Morgan fingerprint density at radius 1 is 1.06 bits per heavy atom. The number of amides is 1. The van der Waals surface area contributed by atoms with Gasteiger partial charge in [0.05, 0.1) is 17.3 Å². The fraction of sp³-hybridized carbons (Fsp3) is 0.292. The summed E-state index contributed by atoms with van der Waals surface area (Å²) in [5.41, 5.74) is 1.81. The molecular weight excluding hydrogens is 430 g/mol. The second kappa shape index (κ2) is 9.87. The lowest BCUT2D eigenvalue weighted by Gasteiger charge is -2.19. The fourth-order valence-corrected chi connectivity index (χ4v) is 3.70. The average Bonchev–Trinajstić information content (AvgIpc) is 2.97. The van der Waals surface area contributed by atoms with Gasteiger partial charge < -0.3 is 10.1 Å². The number of aromatic nitrogens is 2. The van der Waals surface area contributed by atoms with E-state index in [1.807, 2.05) is 32.0 Å². The maximum Gasteiger partial charge on any atom is 0.314 e. The van der Waals surface area contributed by atoms with Crippen LogP contribution in [0.3, 0.4) is 0 Å². The van der Waals surface area contributed by atoms with E-state index in [1.165, 1.54) is 4.68 Å².